The Morgan fingerprint density at radius 3 is 2.31 bits per heavy atom. The average Bonchev–Trinajstić information content (AvgIpc) is 3.15. The zero-order chi connectivity index (χ0) is 26.7. The molecule has 5 atom stereocenters. The van der Waals surface area contributed by atoms with Crippen molar-refractivity contribution in [1.82, 2.24) is 9.78 Å². The molecule has 3 rings (SSSR count). The van der Waals surface area contributed by atoms with E-state index in [1.165, 1.54) is 7.11 Å². The van der Waals surface area contributed by atoms with Crippen molar-refractivity contribution in [2.75, 3.05) is 20.8 Å². The number of hydrogen-bond donors (Lipinski definition) is 3. The highest BCUT2D eigenvalue weighted by atomic mass is 19.1. The van der Waals surface area contributed by atoms with Gasteiger partial charge in [0.2, 0.25) is 12.2 Å². The zero-order valence-electron chi connectivity index (χ0n) is 20.5. The second-order valence-corrected chi connectivity index (χ2v) is 8.55. The number of nitrogens with zero attached hydrogens (tertiary/aromatic N) is 2. The van der Waals surface area contributed by atoms with Gasteiger partial charge in [0.05, 0.1) is 14.2 Å². The Morgan fingerprint density at radius 1 is 1.11 bits per heavy atom. The summed E-state index contributed by atoms with van der Waals surface area (Å²) in [5.41, 5.74) is 0.605. The summed E-state index contributed by atoms with van der Waals surface area (Å²) in [5.74, 6) is -1.74. The van der Waals surface area contributed by atoms with Gasteiger partial charge < -0.3 is 39.0 Å². The van der Waals surface area contributed by atoms with Gasteiger partial charge in [-0.25, -0.2) is 13.6 Å². The molecule has 1 saturated heterocycles. The summed E-state index contributed by atoms with van der Waals surface area (Å²) in [6.07, 6.45) is -9.18. The lowest BCUT2D eigenvalue weighted by atomic mass is 9.99. The predicted molar refractivity (Wildman–Crippen MR) is 119 cm³/mol. The van der Waals surface area contributed by atoms with Gasteiger partial charge in [0.25, 0.3) is 0 Å². The van der Waals surface area contributed by atoms with Crippen LogP contribution in [0.4, 0.5) is 13.6 Å². The SMILES string of the molecule is COC(=O)OCC1O[C@@H](Oc2nn(C(C)C)c(C)c2Cc2c(F)cc(OC)cc2F)[C@H](O)[C@@H](O)[C@@H]1O. The van der Waals surface area contributed by atoms with Crippen LogP contribution < -0.4 is 9.47 Å². The lowest BCUT2D eigenvalue weighted by molar-refractivity contribution is -0.278. The van der Waals surface area contributed by atoms with E-state index >= 15 is 0 Å². The van der Waals surface area contributed by atoms with E-state index in [-0.39, 0.29) is 29.7 Å². The molecular weight excluding hydrogens is 486 g/mol. The Kier molecular flexibility index (Phi) is 8.71. The summed E-state index contributed by atoms with van der Waals surface area (Å²) < 4.78 is 56.3. The van der Waals surface area contributed by atoms with Crippen molar-refractivity contribution in [2.45, 2.75) is 63.9 Å². The number of aromatic nitrogens is 2. The Labute approximate surface area is 206 Å². The molecule has 1 aromatic heterocycles. The van der Waals surface area contributed by atoms with Crippen LogP contribution in [0.3, 0.4) is 0 Å². The fraction of sp³-hybridized carbons (Fsp3) is 0.565. The third-order valence-electron chi connectivity index (χ3n) is 5.86. The number of carbonyl (C=O) groups excluding carboxylic acids is 1. The van der Waals surface area contributed by atoms with Crippen LogP contribution in [0.1, 0.15) is 36.7 Å². The molecule has 1 aromatic carbocycles. The zero-order valence-corrected chi connectivity index (χ0v) is 20.5. The Balaban J connectivity index is 1.93. The van der Waals surface area contributed by atoms with Crippen LogP contribution in [0.2, 0.25) is 0 Å². The summed E-state index contributed by atoms with van der Waals surface area (Å²) in [7, 11) is 2.38. The van der Waals surface area contributed by atoms with Crippen LogP contribution in [-0.2, 0) is 20.6 Å². The number of ether oxygens (including phenoxy) is 5. The molecule has 2 aromatic rings. The minimum Gasteiger partial charge on any atom is -0.497 e. The number of aliphatic hydroxyl groups is 3. The van der Waals surface area contributed by atoms with E-state index < -0.39 is 55.1 Å². The minimum atomic E-state index is -1.72. The molecule has 0 spiro atoms. The molecule has 200 valence electrons. The highest BCUT2D eigenvalue weighted by Gasteiger charge is 2.46. The van der Waals surface area contributed by atoms with Gasteiger partial charge in [0, 0.05) is 41.4 Å². The smallest absolute Gasteiger partial charge is 0.497 e. The standard InChI is InChI=1S/C23H30F2N2O9/c1-10(2)27-11(3)13(8-14-15(24)6-12(32-4)7-16(14)25)21(26-27)36-22-20(30)19(29)18(28)17(35-22)9-34-23(31)33-5/h6-7,10,17-20,22,28-30H,8-9H2,1-5H3/t17?,18-,19+,20-,22+/m1/s1. The summed E-state index contributed by atoms with van der Waals surface area (Å²) in [6.45, 7) is 4.87. The van der Waals surface area contributed by atoms with Gasteiger partial charge in [-0.2, -0.15) is 0 Å². The largest absolute Gasteiger partial charge is 0.508 e. The van der Waals surface area contributed by atoms with E-state index in [9.17, 15) is 28.9 Å². The summed E-state index contributed by atoms with van der Waals surface area (Å²) >= 11 is 0. The van der Waals surface area contributed by atoms with Gasteiger partial charge in [-0.1, -0.05) is 0 Å². The van der Waals surface area contributed by atoms with Crippen molar-refractivity contribution >= 4 is 6.16 Å². The van der Waals surface area contributed by atoms with Gasteiger partial charge in [-0.05, 0) is 20.8 Å². The van der Waals surface area contributed by atoms with Gasteiger partial charge in [0.1, 0.15) is 48.4 Å². The number of halogens is 2. The number of hydrogen-bond acceptors (Lipinski definition) is 10. The highest BCUT2D eigenvalue weighted by Crippen LogP contribution is 2.32. The minimum absolute atomic E-state index is 0.0197. The van der Waals surface area contributed by atoms with E-state index in [1.54, 1.807) is 11.6 Å². The molecule has 0 saturated carbocycles. The maximum Gasteiger partial charge on any atom is 0.508 e. The maximum absolute atomic E-state index is 14.7. The predicted octanol–water partition coefficient (Wildman–Crippen LogP) is 1.62. The van der Waals surface area contributed by atoms with E-state index in [2.05, 4.69) is 9.84 Å². The first kappa shape index (κ1) is 27.6. The molecule has 13 heteroatoms. The molecule has 1 aliphatic rings. The number of benzene rings is 1. The molecule has 2 heterocycles. The third-order valence-corrected chi connectivity index (χ3v) is 5.86. The van der Waals surface area contributed by atoms with Gasteiger partial charge in [-0.15, -0.1) is 5.10 Å². The normalized spacial score (nSPS) is 24.0. The first-order valence-corrected chi connectivity index (χ1v) is 11.1. The quantitative estimate of drug-likeness (QED) is 0.443. The highest BCUT2D eigenvalue weighted by molar-refractivity contribution is 5.59. The topological polar surface area (TPSA) is 142 Å². The molecule has 36 heavy (non-hydrogen) atoms. The van der Waals surface area contributed by atoms with Crippen LogP contribution in [0.25, 0.3) is 0 Å². The number of rotatable bonds is 8. The Morgan fingerprint density at radius 2 is 1.75 bits per heavy atom. The van der Waals surface area contributed by atoms with Crippen LogP contribution in [-0.4, -0.2) is 82.8 Å². The maximum atomic E-state index is 14.7. The van der Waals surface area contributed by atoms with Crippen LogP contribution >= 0.6 is 0 Å². The summed E-state index contributed by atoms with van der Waals surface area (Å²) in [4.78, 5) is 11.3. The molecule has 1 unspecified atom stereocenters. The number of carbonyl (C=O) groups is 1. The van der Waals surface area contributed by atoms with Gasteiger partial charge in [-0.3, -0.25) is 4.68 Å². The Bertz CT molecular complexity index is 1060. The van der Waals surface area contributed by atoms with Crippen molar-refractivity contribution in [3.05, 3.63) is 40.6 Å². The average molecular weight is 516 g/mol. The molecule has 0 radical (unpaired) electrons. The molecule has 1 aliphatic heterocycles. The van der Waals surface area contributed by atoms with E-state index in [4.69, 9.17) is 18.9 Å². The molecule has 0 amide bonds. The van der Waals surface area contributed by atoms with Crippen molar-refractivity contribution in [2.24, 2.45) is 0 Å². The van der Waals surface area contributed by atoms with Gasteiger partial charge in [0.15, 0.2) is 0 Å². The first-order valence-electron chi connectivity index (χ1n) is 11.1. The lowest BCUT2D eigenvalue weighted by Gasteiger charge is -2.39. The number of methoxy groups -OCH3 is 2. The second-order valence-electron chi connectivity index (χ2n) is 8.55. The van der Waals surface area contributed by atoms with Crippen molar-refractivity contribution in [3.8, 4) is 11.6 Å². The fourth-order valence-electron chi connectivity index (χ4n) is 3.84. The summed E-state index contributed by atoms with van der Waals surface area (Å²) in [5, 5.41) is 35.3. The van der Waals surface area contributed by atoms with E-state index in [1.807, 2.05) is 13.8 Å². The molecule has 0 bridgehead atoms. The molecule has 1 fully saturated rings. The van der Waals surface area contributed by atoms with Crippen LogP contribution in [0.15, 0.2) is 12.1 Å². The molecular formula is C23H30F2N2O9. The number of aliphatic hydroxyl groups excluding tert-OH is 3. The second kappa shape index (κ2) is 11.4. The molecule has 11 nitrogen and oxygen atoms in total. The Hall–Kier alpha value is -3.00. The summed E-state index contributed by atoms with van der Waals surface area (Å²) in [6, 6.07) is 1.95. The van der Waals surface area contributed by atoms with Crippen molar-refractivity contribution < 1.29 is 52.6 Å². The van der Waals surface area contributed by atoms with Crippen molar-refractivity contribution in [3.63, 3.8) is 0 Å². The van der Waals surface area contributed by atoms with Crippen LogP contribution in [0, 0.1) is 18.6 Å². The van der Waals surface area contributed by atoms with Crippen LogP contribution in [0.5, 0.6) is 11.6 Å². The molecule has 0 aliphatic carbocycles. The van der Waals surface area contributed by atoms with Gasteiger partial charge >= 0.3 is 6.16 Å². The fourth-order valence-corrected chi connectivity index (χ4v) is 3.84. The van der Waals surface area contributed by atoms with E-state index in [0.29, 0.717) is 11.3 Å². The monoisotopic (exact) mass is 516 g/mol. The first-order chi connectivity index (χ1) is 17.0. The third kappa shape index (κ3) is 5.69. The lowest BCUT2D eigenvalue weighted by Crippen LogP contribution is -2.60. The van der Waals surface area contributed by atoms with Crippen molar-refractivity contribution in [1.29, 1.82) is 0 Å². The van der Waals surface area contributed by atoms with E-state index in [0.717, 1.165) is 19.2 Å². The molecule has 3 N–H and O–H groups in total.